The van der Waals surface area contributed by atoms with Gasteiger partial charge < -0.3 is 5.32 Å². The number of nitrogens with one attached hydrogen (secondary N) is 1. The molecule has 1 N–H and O–H groups in total. The molecular weight excluding hydrogens is 344 g/mol. The third-order valence-corrected chi connectivity index (χ3v) is 5.18. The highest BCUT2D eigenvalue weighted by Gasteiger charge is 2.21. The lowest BCUT2D eigenvalue weighted by Crippen LogP contribution is -2.17. The summed E-state index contributed by atoms with van der Waals surface area (Å²) in [5.41, 5.74) is 6.79. The van der Waals surface area contributed by atoms with Crippen molar-refractivity contribution in [3.8, 4) is 0 Å². The van der Waals surface area contributed by atoms with Crippen molar-refractivity contribution in [2.75, 3.05) is 5.32 Å². The van der Waals surface area contributed by atoms with Crippen LogP contribution in [-0.2, 0) is 10.8 Å². The van der Waals surface area contributed by atoms with E-state index in [-0.39, 0.29) is 10.8 Å². The van der Waals surface area contributed by atoms with E-state index in [1.54, 1.807) is 0 Å². The standard InChI is InChI=1S/C24H28N4/c1-23(2,3)16-11-17(24(4,5)6)13-18(12-16)26-22-21-14-25-15-28(21)20-10-8-7-9-19(20)27-22/h7-15H,1-6H3,(H,26,27). The van der Waals surface area contributed by atoms with Crippen molar-refractivity contribution < 1.29 is 0 Å². The van der Waals surface area contributed by atoms with Crippen molar-refractivity contribution in [3.05, 3.63) is 66.1 Å². The molecule has 0 aliphatic rings. The second kappa shape index (κ2) is 6.33. The maximum atomic E-state index is 4.88. The van der Waals surface area contributed by atoms with Crippen LogP contribution in [0.3, 0.4) is 0 Å². The van der Waals surface area contributed by atoms with Crippen LogP contribution in [0.2, 0.25) is 0 Å². The van der Waals surface area contributed by atoms with Gasteiger partial charge in [0.05, 0.1) is 23.6 Å². The summed E-state index contributed by atoms with van der Waals surface area (Å²) in [4.78, 5) is 9.23. The first kappa shape index (κ1) is 18.5. The van der Waals surface area contributed by atoms with Gasteiger partial charge in [0.25, 0.3) is 0 Å². The van der Waals surface area contributed by atoms with Crippen LogP contribution in [-0.4, -0.2) is 14.4 Å². The molecule has 4 rings (SSSR count). The van der Waals surface area contributed by atoms with E-state index in [0.29, 0.717) is 0 Å². The Bertz CT molecular complexity index is 1120. The number of anilines is 2. The number of benzene rings is 2. The smallest absolute Gasteiger partial charge is 0.157 e. The topological polar surface area (TPSA) is 42.2 Å². The van der Waals surface area contributed by atoms with Crippen molar-refractivity contribution in [2.45, 2.75) is 52.4 Å². The molecule has 0 amide bonds. The van der Waals surface area contributed by atoms with Crippen molar-refractivity contribution >= 4 is 28.1 Å². The monoisotopic (exact) mass is 372 g/mol. The second-order valence-electron chi connectivity index (χ2n) is 9.52. The average Bonchev–Trinajstić information content (AvgIpc) is 3.10. The van der Waals surface area contributed by atoms with E-state index in [1.807, 2.05) is 30.7 Å². The third kappa shape index (κ3) is 3.35. The van der Waals surface area contributed by atoms with Crippen molar-refractivity contribution in [3.63, 3.8) is 0 Å². The van der Waals surface area contributed by atoms with Gasteiger partial charge >= 0.3 is 0 Å². The van der Waals surface area contributed by atoms with E-state index >= 15 is 0 Å². The van der Waals surface area contributed by atoms with Crippen LogP contribution in [0.5, 0.6) is 0 Å². The van der Waals surface area contributed by atoms with Gasteiger partial charge in [-0.1, -0.05) is 59.7 Å². The number of rotatable bonds is 2. The summed E-state index contributed by atoms with van der Waals surface area (Å²) < 4.78 is 2.09. The number of hydrogen-bond acceptors (Lipinski definition) is 3. The molecule has 0 spiro atoms. The Balaban J connectivity index is 1.88. The number of aromatic nitrogens is 3. The second-order valence-corrected chi connectivity index (χ2v) is 9.52. The molecule has 0 aliphatic heterocycles. The van der Waals surface area contributed by atoms with Crippen molar-refractivity contribution in [1.29, 1.82) is 0 Å². The number of para-hydroxylation sites is 2. The molecule has 0 unspecified atom stereocenters. The summed E-state index contributed by atoms with van der Waals surface area (Å²) in [7, 11) is 0. The fourth-order valence-electron chi connectivity index (χ4n) is 3.40. The van der Waals surface area contributed by atoms with E-state index < -0.39 is 0 Å². The lowest BCUT2D eigenvalue weighted by molar-refractivity contribution is 0.569. The molecule has 4 aromatic rings. The van der Waals surface area contributed by atoms with Crippen LogP contribution in [0.1, 0.15) is 52.7 Å². The molecule has 2 aromatic carbocycles. The van der Waals surface area contributed by atoms with Crippen LogP contribution >= 0.6 is 0 Å². The van der Waals surface area contributed by atoms with E-state index in [4.69, 9.17) is 4.98 Å². The van der Waals surface area contributed by atoms with Gasteiger partial charge in [-0.2, -0.15) is 0 Å². The molecule has 144 valence electrons. The Morgan fingerprint density at radius 1 is 0.821 bits per heavy atom. The first-order valence-electron chi connectivity index (χ1n) is 9.77. The van der Waals surface area contributed by atoms with Crippen LogP contribution in [0.25, 0.3) is 16.6 Å². The van der Waals surface area contributed by atoms with Gasteiger partial charge in [0, 0.05) is 5.69 Å². The van der Waals surface area contributed by atoms with Gasteiger partial charge in [0.15, 0.2) is 5.82 Å². The number of hydrogen-bond donors (Lipinski definition) is 1. The van der Waals surface area contributed by atoms with E-state index in [9.17, 15) is 0 Å². The molecule has 0 radical (unpaired) electrons. The zero-order valence-corrected chi connectivity index (χ0v) is 17.5. The number of fused-ring (bicyclic) bond motifs is 3. The van der Waals surface area contributed by atoms with Gasteiger partial charge in [-0.05, 0) is 46.2 Å². The maximum Gasteiger partial charge on any atom is 0.157 e. The fraction of sp³-hybridized carbons (Fsp3) is 0.333. The number of imidazole rings is 1. The Hall–Kier alpha value is -2.88. The molecule has 0 saturated heterocycles. The minimum absolute atomic E-state index is 0.0699. The summed E-state index contributed by atoms with van der Waals surface area (Å²) in [6.07, 6.45) is 3.71. The average molecular weight is 373 g/mol. The predicted molar refractivity (Wildman–Crippen MR) is 118 cm³/mol. The van der Waals surface area contributed by atoms with E-state index in [1.165, 1.54) is 11.1 Å². The van der Waals surface area contributed by atoms with Crippen LogP contribution in [0.4, 0.5) is 11.5 Å². The molecule has 0 fully saturated rings. The summed E-state index contributed by atoms with van der Waals surface area (Å²) in [5, 5.41) is 3.58. The molecule has 4 heteroatoms. The minimum atomic E-state index is 0.0699. The van der Waals surface area contributed by atoms with Gasteiger partial charge in [0.1, 0.15) is 5.52 Å². The molecular formula is C24H28N4. The lowest BCUT2D eigenvalue weighted by atomic mass is 9.80. The van der Waals surface area contributed by atoms with Crippen LogP contribution in [0.15, 0.2) is 55.0 Å². The van der Waals surface area contributed by atoms with Gasteiger partial charge in [-0.25, -0.2) is 9.97 Å². The predicted octanol–water partition coefficient (Wildman–Crippen LogP) is 6.22. The van der Waals surface area contributed by atoms with Crippen LogP contribution < -0.4 is 5.32 Å². The van der Waals surface area contributed by atoms with E-state index in [0.717, 1.165) is 28.1 Å². The Morgan fingerprint density at radius 3 is 2.11 bits per heavy atom. The highest BCUT2D eigenvalue weighted by molar-refractivity contribution is 5.85. The van der Waals surface area contributed by atoms with Crippen LogP contribution in [0, 0.1) is 0 Å². The van der Waals surface area contributed by atoms with E-state index in [2.05, 4.69) is 80.5 Å². The summed E-state index contributed by atoms with van der Waals surface area (Å²) >= 11 is 0. The highest BCUT2D eigenvalue weighted by atomic mass is 15.1. The third-order valence-electron chi connectivity index (χ3n) is 5.18. The molecule has 28 heavy (non-hydrogen) atoms. The normalized spacial score (nSPS) is 12.6. The summed E-state index contributed by atoms with van der Waals surface area (Å²) in [6, 6.07) is 14.9. The molecule has 2 heterocycles. The molecule has 0 atom stereocenters. The number of nitrogens with zero attached hydrogens (tertiary/aromatic N) is 3. The summed E-state index contributed by atoms with van der Waals surface area (Å²) in [6.45, 7) is 13.5. The largest absolute Gasteiger partial charge is 0.338 e. The van der Waals surface area contributed by atoms with Gasteiger partial charge in [-0.3, -0.25) is 4.40 Å². The Labute approximate surface area is 166 Å². The van der Waals surface area contributed by atoms with Crippen molar-refractivity contribution in [2.24, 2.45) is 0 Å². The molecule has 0 saturated carbocycles. The lowest BCUT2D eigenvalue weighted by Gasteiger charge is -2.26. The molecule has 0 bridgehead atoms. The summed E-state index contributed by atoms with van der Waals surface area (Å²) in [5.74, 6) is 0.821. The first-order valence-corrected chi connectivity index (χ1v) is 9.77. The SMILES string of the molecule is CC(C)(C)c1cc(Nc2nc3ccccc3n3cncc23)cc(C(C)(C)C)c1. The molecule has 4 nitrogen and oxygen atoms in total. The zero-order valence-electron chi connectivity index (χ0n) is 17.5. The van der Waals surface area contributed by atoms with Gasteiger partial charge in [-0.15, -0.1) is 0 Å². The minimum Gasteiger partial charge on any atom is -0.338 e. The maximum absolute atomic E-state index is 4.88. The zero-order chi connectivity index (χ0) is 20.1. The van der Waals surface area contributed by atoms with Crippen molar-refractivity contribution in [1.82, 2.24) is 14.4 Å². The van der Waals surface area contributed by atoms with Gasteiger partial charge in [0.2, 0.25) is 0 Å². The quantitative estimate of drug-likeness (QED) is 0.454. The first-order chi connectivity index (χ1) is 13.1. The Kier molecular flexibility index (Phi) is 4.18. The highest BCUT2D eigenvalue weighted by Crippen LogP contribution is 2.33. The fourth-order valence-corrected chi connectivity index (χ4v) is 3.40. The molecule has 2 aromatic heterocycles. The molecule has 0 aliphatic carbocycles. The Morgan fingerprint density at radius 2 is 1.46 bits per heavy atom.